The van der Waals surface area contributed by atoms with Crippen LogP contribution in [0.15, 0.2) is 17.1 Å². The van der Waals surface area contributed by atoms with E-state index in [2.05, 4.69) is 4.98 Å². The number of aromatic nitrogens is 2. The van der Waals surface area contributed by atoms with Crippen LogP contribution in [0.5, 0.6) is 0 Å². The van der Waals surface area contributed by atoms with Gasteiger partial charge in [0.1, 0.15) is 12.2 Å². The second kappa shape index (κ2) is 5.42. The largest absolute Gasteiger partial charge is 0.383 e. The number of rotatable bonds is 5. The minimum absolute atomic E-state index is 0.120. The van der Waals surface area contributed by atoms with Crippen LogP contribution in [-0.4, -0.2) is 31.8 Å². The van der Waals surface area contributed by atoms with E-state index >= 15 is 0 Å². The number of hydrogen-bond acceptors (Lipinski definition) is 5. The first-order chi connectivity index (χ1) is 7.78. The van der Waals surface area contributed by atoms with Crippen LogP contribution in [0.3, 0.4) is 0 Å². The SMILES string of the molecule is C[C@H](Cn1ccc(N)nc1=O)OCP(=O)(O)O. The van der Waals surface area contributed by atoms with Gasteiger partial charge in [-0.25, -0.2) is 4.79 Å². The first-order valence-corrected chi connectivity index (χ1v) is 6.57. The molecule has 0 aliphatic heterocycles. The normalized spacial score (nSPS) is 13.6. The highest BCUT2D eigenvalue weighted by Gasteiger charge is 2.15. The Balaban J connectivity index is 2.59. The molecule has 17 heavy (non-hydrogen) atoms. The van der Waals surface area contributed by atoms with Crippen molar-refractivity contribution in [1.82, 2.24) is 9.55 Å². The fourth-order valence-corrected chi connectivity index (χ4v) is 1.58. The lowest BCUT2D eigenvalue weighted by molar-refractivity contribution is 0.0747. The second-order valence-electron chi connectivity index (χ2n) is 3.56. The molecule has 9 heteroatoms. The zero-order valence-electron chi connectivity index (χ0n) is 9.18. The van der Waals surface area contributed by atoms with Crippen molar-refractivity contribution in [2.45, 2.75) is 19.6 Å². The predicted molar refractivity (Wildman–Crippen MR) is 60.4 cm³/mol. The number of hydrogen-bond donors (Lipinski definition) is 3. The van der Waals surface area contributed by atoms with Crippen LogP contribution in [0.1, 0.15) is 6.92 Å². The van der Waals surface area contributed by atoms with Crippen LogP contribution in [0, 0.1) is 0 Å². The highest BCUT2D eigenvalue weighted by molar-refractivity contribution is 7.51. The Labute approximate surface area is 97.2 Å². The number of nitrogens with zero attached hydrogens (tertiary/aromatic N) is 2. The van der Waals surface area contributed by atoms with Gasteiger partial charge in [0.2, 0.25) is 0 Å². The zero-order chi connectivity index (χ0) is 13.1. The van der Waals surface area contributed by atoms with E-state index in [1.165, 1.54) is 16.8 Å². The van der Waals surface area contributed by atoms with E-state index in [1.54, 1.807) is 6.92 Å². The van der Waals surface area contributed by atoms with Gasteiger partial charge in [-0.05, 0) is 13.0 Å². The van der Waals surface area contributed by atoms with Crippen molar-refractivity contribution in [2.75, 3.05) is 12.1 Å². The summed E-state index contributed by atoms with van der Waals surface area (Å²) in [5.41, 5.74) is 4.78. The molecule has 0 aliphatic carbocycles. The summed E-state index contributed by atoms with van der Waals surface area (Å²) in [5, 5.41) is 0. The van der Waals surface area contributed by atoms with Gasteiger partial charge in [-0.2, -0.15) is 4.98 Å². The van der Waals surface area contributed by atoms with Gasteiger partial charge in [-0.3, -0.25) is 9.13 Å². The summed E-state index contributed by atoms with van der Waals surface area (Å²) in [6.07, 6.45) is 0.249. The van der Waals surface area contributed by atoms with Crippen LogP contribution in [0.2, 0.25) is 0 Å². The van der Waals surface area contributed by atoms with Crippen LogP contribution in [0.25, 0.3) is 0 Å². The fraction of sp³-hybridized carbons (Fsp3) is 0.500. The maximum atomic E-state index is 11.3. The monoisotopic (exact) mass is 263 g/mol. The molecule has 8 nitrogen and oxygen atoms in total. The molecule has 0 saturated carbocycles. The Bertz CT molecular complexity index is 482. The van der Waals surface area contributed by atoms with Crippen molar-refractivity contribution >= 4 is 13.4 Å². The topological polar surface area (TPSA) is 128 Å². The number of nitrogens with two attached hydrogens (primary N) is 1. The highest BCUT2D eigenvalue weighted by atomic mass is 31.2. The standard InChI is InChI=1S/C8H14N3O5P/c1-6(16-5-17(13,14)15)4-11-3-2-7(9)10-8(11)12/h2-3,6H,4-5H2,1H3,(H2,9,10,12)(H2,13,14,15)/t6-/m1/s1. The molecule has 4 N–H and O–H groups in total. The van der Waals surface area contributed by atoms with Crippen molar-refractivity contribution in [3.05, 3.63) is 22.7 Å². The van der Waals surface area contributed by atoms with Crippen molar-refractivity contribution < 1.29 is 19.1 Å². The van der Waals surface area contributed by atoms with Crippen LogP contribution >= 0.6 is 7.60 Å². The maximum absolute atomic E-state index is 11.3. The first-order valence-electron chi connectivity index (χ1n) is 4.77. The van der Waals surface area contributed by atoms with E-state index in [1.807, 2.05) is 0 Å². The van der Waals surface area contributed by atoms with Gasteiger partial charge in [0.05, 0.1) is 12.6 Å². The molecule has 0 radical (unpaired) electrons. The molecule has 1 aromatic heterocycles. The Hall–Kier alpha value is -1.21. The van der Waals surface area contributed by atoms with Crippen molar-refractivity contribution in [3.8, 4) is 0 Å². The molecular formula is C8H14N3O5P. The Morgan fingerprint density at radius 3 is 2.82 bits per heavy atom. The number of ether oxygens (including phenoxy) is 1. The van der Waals surface area contributed by atoms with Crippen molar-refractivity contribution in [3.63, 3.8) is 0 Å². The lowest BCUT2D eigenvalue weighted by Crippen LogP contribution is -2.28. The molecule has 0 amide bonds. The Kier molecular flexibility index (Phi) is 4.41. The third kappa shape index (κ3) is 5.10. The number of anilines is 1. The van der Waals surface area contributed by atoms with Crippen LogP contribution in [0.4, 0.5) is 5.82 Å². The molecular weight excluding hydrogens is 249 g/mol. The van der Waals surface area contributed by atoms with E-state index in [0.717, 1.165) is 0 Å². The lowest BCUT2D eigenvalue weighted by Gasteiger charge is -2.14. The van der Waals surface area contributed by atoms with E-state index in [4.69, 9.17) is 20.3 Å². The molecule has 1 aromatic rings. The molecule has 0 saturated heterocycles. The summed E-state index contributed by atoms with van der Waals surface area (Å²) in [6, 6.07) is 1.46. The Morgan fingerprint density at radius 1 is 1.65 bits per heavy atom. The molecule has 1 atom stereocenters. The smallest absolute Gasteiger partial charge is 0.350 e. The van der Waals surface area contributed by atoms with Gasteiger partial charge in [-0.1, -0.05) is 0 Å². The molecule has 0 fully saturated rings. The summed E-state index contributed by atoms with van der Waals surface area (Å²) in [5.74, 6) is 0.120. The van der Waals surface area contributed by atoms with E-state index < -0.39 is 25.7 Å². The molecule has 96 valence electrons. The van der Waals surface area contributed by atoms with Gasteiger partial charge in [0.25, 0.3) is 0 Å². The first kappa shape index (κ1) is 13.9. The summed E-state index contributed by atoms with van der Waals surface area (Å²) < 4.78 is 16.7. The summed E-state index contributed by atoms with van der Waals surface area (Å²) in [6.45, 7) is 1.74. The third-order valence-corrected chi connectivity index (χ3v) is 2.36. The molecule has 0 bridgehead atoms. The summed E-state index contributed by atoms with van der Waals surface area (Å²) in [7, 11) is -4.19. The van der Waals surface area contributed by atoms with Gasteiger partial charge >= 0.3 is 13.3 Å². The van der Waals surface area contributed by atoms with Gasteiger partial charge in [-0.15, -0.1) is 0 Å². The van der Waals surface area contributed by atoms with Gasteiger partial charge < -0.3 is 20.3 Å². The van der Waals surface area contributed by atoms with E-state index in [-0.39, 0.29) is 12.4 Å². The highest BCUT2D eigenvalue weighted by Crippen LogP contribution is 2.34. The zero-order valence-corrected chi connectivity index (χ0v) is 10.1. The van der Waals surface area contributed by atoms with E-state index in [9.17, 15) is 9.36 Å². The minimum Gasteiger partial charge on any atom is -0.383 e. The van der Waals surface area contributed by atoms with Crippen LogP contribution < -0.4 is 11.4 Å². The fourth-order valence-electron chi connectivity index (χ4n) is 1.14. The van der Waals surface area contributed by atoms with Crippen molar-refractivity contribution in [2.24, 2.45) is 0 Å². The Morgan fingerprint density at radius 2 is 2.29 bits per heavy atom. The lowest BCUT2D eigenvalue weighted by atomic mass is 10.4. The molecule has 0 aliphatic rings. The predicted octanol–water partition coefficient (Wildman–Crippen LogP) is -0.634. The molecule has 0 aromatic carbocycles. The number of nitrogen functional groups attached to an aromatic ring is 1. The molecule has 1 heterocycles. The van der Waals surface area contributed by atoms with Crippen LogP contribution in [-0.2, 0) is 15.8 Å². The molecule has 1 rings (SSSR count). The third-order valence-electron chi connectivity index (χ3n) is 1.88. The quantitative estimate of drug-likeness (QED) is 0.603. The molecule has 0 unspecified atom stereocenters. The van der Waals surface area contributed by atoms with Gasteiger partial charge in [0.15, 0.2) is 0 Å². The summed E-state index contributed by atoms with van der Waals surface area (Å²) in [4.78, 5) is 32.1. The van der Waals surface area contributed by atoms with Gasteiger partial charge in [0, 0.05) is 6.20 Å². The minimum atomic E-state index is -4.19. The average molecular weight is 263 g/mol. The van der Waals surface area contributed by atoms with Crippen molar-refractivity contribution in [1.29, 1.82) is 0 Å². The average Bonchev–Trinajstić information content (AvgIpc) is 2.18. The second-order valence-corrected chi connectivity index (χ2v) is 5.15. The summed E-state index contributed by atoms with van der Waals surface area (Å²) >= 11 is 0. The maximum Gasteiger partial charge on any atom is 0.350 e. The molecule has 0 spiro atoms. The van der Waals surface area contributed by atoms with E-state index in [0.29, 0.717) is 0 Å².